The minimum atomic E-state index is -0.269. The van der Waals surface area contributed by atoms with E-state index >= 15 is 0 Å². The molecule has 2 aliphatic rings. The summed E-state index contributed by atoms with van der Waals surface area (Å²) in [6.45, 7) is 8.97. The van der Waals surface area contributed by atoms with Gasteiger partial charge in [0.15, 0.2) is 0 Å². The Morgan fingerprint density at radius 2 is 1.63 bits per heavy atom. The van der Waals surface area contributed by atoms with E-state index in [1.807, 2.05) is 31.0 Å². The van der Waals surface area contributed by atoms with Crippen molar-refractivity contribution in [3.05, 3.63) is 30.4 Å². The highest BCUT2D eigenvalue weighted by Gasteiger charge is 2.27. The van der Waals surface area contributed by atoms with E-state index in [1.54, 1.807) is 10.9 Å². The molecule has 0 aromatic carbocycles. The van der Waals surface area contributed by atoms with Crippen LogP contribution in [0.4, 0.5) is 11.6 Å². The van der Waals surface area contributed by atoms with E-state index in [-0.39, 0.29) is 11.9 Å². The molecule has 8 heteroatoms. The second-order valence-electron chi connectivity index (χ2n) is 7.30. The summed E-state index contributed by atoms with van der Waals surface area (Å²) in [6, 6.07) is 3.67. The molecule has 1 unspecified atom stereocenters. The van der Waals surface area contributed by atoms with Gasteiger partial charge in [0.25, 0.3) is 0 Å². The van der Waals surface area contributed by atoms with Gasteiger partial charge in [-0.1, -0.05) is 0 Å². The van der Waals surface area contributed by atoms with Crippen LogP contribution in [0.3, 0.4) is 0 Å². The summed E-state index contributed by atoms with van der Waals surface area (Å²) >= 11 is 0. The Morgan fingerprint density at radius 1 is 1.00 bits per heavy atom. The number of carbonyl (C=O) groups excluding carboxylic acids is 1. The molecular weight excluding hydrogens is 342 g/mol. The Hall–Kier alpha value is -2.64. The van der Waals surface area contributed by atoms with Gasteiger partial charge in [0.05, 0.1) is 0 Å². The zero-order chi connectivity index (χ0) is 18.8. The number of amides is 1. The fraction of sp³-hybridized carbons (Fsp3) is 0.579. The van der Waals surface area contributed by atoms with Crippen LogP contribution < -0.4 is 9.80 Å². The highest BCUT2D eigenvalue weighted by molar-refractivity contribution is 5.80. The molecule has 0 bridgehead atoms. The lowest BCUT2D eigenvalue weighted by molar-refractivity contribution is -0.134. The third-order valence-corrected chi connectivity index (χ3v) is 5.44. The second-order valence-corrected chi connectivity index (χ2v) is 7.30. The molecule has 8 nitrogen and oxygen atoms in total. The number of aryl methyl sites for hydroxylation is 1. The summed E-state index contributed by atoms with van der Waals surface area (Å²) in [6.07, 6.45) is 6.00. The van der Waals surface area contributed by atoms with E-state index in [4.69, 9.17) is 0 Å². The van der Waals surface area contributed by atoms with Crippen LogP contribution in [-0.4, -0.2) is 69.8 Å². The van der Waals surface area contributed by atoms with Crippen LogP contribution in [0.1, 0.15) is 31.6 Å². The molecule has 0 saturated carbocycles. The number of aromatic nitrogens is 4. The lowest BCUT2D eigenvalue weighted by Crippen LogP contribution is -2.50. The molecule has 27 heavy (non-hydrogen) atoms. The first-order chi connectivity index (χ1) is 13.1. The van der Waals surface area contributed by atoms with Crippen molar-refractivity contribution in [3.8, 4) is 0 Å². The van der Waals surface area contributed by atoms with E-state index in [9.17, 15) is 4.79 Å². The number of anilines is 2. The first kappa shape index (κ1) is 17.8. The van der Waals surface area contributed by atoms with Gasteiger partial charge in [-0.15, -0.1) is 0 Å². The molecule has 4 rings (SSSR count). The predicted molar refractivity (Wildman–Crippen MR) is 104 cm³/mol. The highest BCUT2D eigenvalue weighted by atomic mass is 16.2. The minimum absolute atomic E-state index is 0.120. The van der Waals surface area contributed by atoms with Crippen LogP contribution in [0.5, 0.6) is 0 Å². The molecule has 1 atom stereocenters. The molecular formula is C19H27N7O. The number of hydrogen-bond donors (Lipinski definition) is 0. The van der Waals surface area contributed by atoms with E-state index in [2.05, 4.69) is 30.9 Å². The maximum Gasteiger partial charge on any atom is 0.247 e. The van der Waals surface area contributed by atoms with Gasteiger partial charge in [0.1, 0.15) is 23.5 Å². The topological polar surface area (TPSA) is 70.4 Å². The van der Waals surface area contributed by atoms with Crippen LogP contribution in [0.2, 0.25) is 0 Å². The van der Waals surface area contributed by atoms with Crippen molar-refractivity contribution in [2.24, 2.45) is 0 Å². The molecule has 0 spiro atoms. The van der Waals surface area contributed by atoms with Gasteiger partial charge in [-0.25, -0.2) is 9.97 Å². The van der Waals surface area contributed by atoms with Crippen LogP contribution >= 0.6 is 0 Å². The maximum absolute atomic E-state index is 12.7. The summed E-state index contributed by atoms with van der Waals surface area (Å²) in [5.74, 6) is 2.92. The quantitative estimate of drug-likeness (QED) is 0.813. The summed E-state index contributed by atoms with van der Waals surface area (Å²) in [7, 11) is 0. The van der Waals surface area contributed by atoms with Crippen LogP contribution in [0.25, 0.3) is 0 Å². The van der Waals surface area contributed by atoms with Gasteiger partial charge < -0.3 is 14.7 Å². The SMILES string of the molecule is Cc1nc(N2CCCC2)cc(N2CCN(C(=O)C(C)n3cccn3)CC2)n1. The van der Waals surface area contributed by atoms with Gasteiger partial charge in [0.2, 0.25) is 5.91 Å². The van der Waals surface area contributed by atoms with Crippen molar-refractivity contribution in [3.63, 3.8) is 0 Å². The Balaban J connectivity index is 1.41. The molecule has 144 valence electrons. The second kappa shape index (κ2) is 7.54. The molecule has 0 radical (unpaired) electrons. The Bertz CT molecular complexity index is 777. The van der Waals surface area contributed by atoms with E-state index in [0.717, 1.165) is 43.6 Å². The van der Waals surface area contributed by atoms with E-state index in [0.29, 0.717) is 13.1 Å². The molecule has 1 amide bonds. The fourth-order valence-electron chi connectivity index (χ4n) is 3.85. The third-order valence-electron chi connectivity index (χ3n) is 5.44. The number of hydrogen-bond acceptors (Lipinski definition) is 6. The van der Waals surface area contributed by atoms with Gasteiger partial charge in [0, 0.05) is 57.7 Å². The molecule has 2 aromatic heterocycles. The van der Waals surface area contributed by atoms with E-state index < -0.39 is 0 Å². The number of piperazine rings is 1. The van der Waals surface area contributed by atoms with Crippen LogP contribution in [0, 0.1) is 6.92 Å². The Kier molecular flexibility index (Phi) is 4.96. The summed E-state index contributed by atoms with van der Waals surface area (Å²) in [5.41, 5.74) is 0. The van der Waals surface area contributed by atoms with Crippen molar-refractivity contribution >= 4 is 17.5 Å². The monoisotopic (exact) mass is 369 g/mol. The Morgan fingerprint density at radius 3 is 2.22 bits per heavy atom. The Labute approximate surface area is 159 Å². The number of nitrogens with zero attached hydrogens (tertiary/aromatic N) is 7. The molecule has 0 aliphatic carbocycles. The zero-order valence-electron chi connectivity index (χ0n) is 16.1. The molecule has 2 fully saturated rings. The number of carbonyl (C=O) groups is 1. The smallest absolute Gasteiger partial charge is 0.247 e. The fourth-order valence-corrected chi connectivity index (χ4v) is 3.85. The zero-order valence-corrected chi connectivity index (χ0v) is 16.1. The van der Waals surface area contributed by atoms with Crippen molar-refractivity contribution in [1.82, 2.24) is 24.6 Å². The lowest BCUT2D eigenvalue weighted by atomic mass is 10.2. The van der Waals surface area contributed by atoms with Crippen LogP contribution in [0.15, 0.2) is 24.5 Å². The average molecular weight is 369 g/mol. The van der Waals surface area contributed by atoms with Crippen molar-refractivity contribution in [1.29, 1.82) is 0 Å². The van der Waals surface area contributed by atoms with Gasteiger partial charge in [-0.2, -0.15) is 5.10 Å². The molecule has 2 saturated heterocycles. The van der Waals surface area contributed by atoms with Gasteiger partial charge in [-0.05, 0) is 32.8 Å². The van der Waals surface area contributed by atoms with E-state index in [1.165, 1.54) is 12.8 Å². The van der Waals surface area contributed by atoms with Gasteiger partial charge >= 0.3 is 0 Å². The van der Waals surface area contributed by atoms with Crippen molar-refractivity contribution in [2.75, 3.05) is 49.1 Å². The standard InChI is InChI=1S/C19H27N7O/c1-15(26-9-5-6-20-26)19(27)25-12-10-24(11-13-25)18-14-17(21-16(2)22-18)23-7-3-4-8-23/h5-6,9,14-15H,3-4,7-8,10-13H2,1-2H3. The van der Waals surface area contributed by atoms with Crippen molar-refractivity contribution in [2.45, 2.75) is 32.7 Å². The highest BCUT2D eigenvalue weighted by Crippen LogP contribution is 2.23. The predicted octanol–water partition coefficient (Wildman–Crippen LogP) is 1.49. The van der Waals surface area contributed by atoms with Gasteiger partial charge in [-0.3, -0.25) is 9.48 Å². The lowest BCUT2D eigenvalue weighted by Gasteiger charge is -2.36. The minimum Gasteiger partial charge on any atom is -0.356 e. The molecule has 4 heterocycles. The largest absolute Gasteiger partial charge is 0.356 e. The first-order valence-electron chi connectivity index (χ1n) is 9.75. The number of rotatable bonds is 4. The summed E-state index contributed by atoms with van der Waals surface area (Å²) < 4.78 is 1.71. The maximum atomic E-state index is 12.7. The first-order valence-corrected chi connectivity index (χ1v) is 9.75. The summed E-state index contributed by atoms with van der Waals surface area (Å²) in [4.78, 5) is 28.5. The molecule has 2 aliphatic heterocycles. The van der Waals surface area contributed by atoms with Crippen LogP contribution in [-0.2, 0) is 4.79 Å². The van der Waals surface area contributed by atoms with Crippen molar-refractivity contribution < 1.29 is 4.79 Å². The normalized spacial score (nSPS) is 18.8. The molecule has 0 N–H and O–H groups in total. The third kappa shape index (κ3) is 3.74. The molecule has 2 aromatic rings. The summed E-state index contributed by atoms with van der Waals surface area (Å²) in [5, 5.41) is 4.19. The average Bonchev–Trinajstić information content (AvgIpc) is 3.40.